The molecule has 128 valence electrons. The summed E-state index contributed by atoms with van der Waals surface area (Å²) in [6, 6.07) is 3.87. The maximum absolute atomic E-state index is 12.0. The number of hydrogen-bond donors (Lipinski definition) is 1. The van der Waals surface area contributed by atoms with Crippen molar-refractivity contribution in [3.05, 3.63) is 23.8 Å². The number of ether oxygens (including phenoxy) is 2. The molecule has 0 bridgehead atoms. The average Bonchev–Trinajstić information content (AvgIpc) is 2.50. The minimum atomic E-state index is -3.80. The van der Waals surface area contributed by atoms with E-state index in [2.05, 4.69) is 4.72 Å². The fourth-order valence-electron chi connectivity index (χ4n) is 1.55. The molecular weight excluding hydrogens is 322 g/mol. The zero-order chi connectivity index (χ0) is 17.8. The number of hydrogen-bond acceptors (Lipinski definition) is 6. The number of carbonyl (C=O) groups is 2. The Balaban J connectivity index is 3.04. The Morgan fingerprint density at radius 3 is 2.30 bits per heavy atom. The monoisotopic (exact) mass is 343 g/mol. The molecule has 0 radical (unpaired) electrons. The smallest absolute Gasteiger partial charge is 0.338 e. The molecule has 1 aromatic carbocycles. The molecule has 0 aliphatic rings. The Morgan fingerprint density at radius 2 is 1.83 bits per heavy atom. The Kier molecular flexibility index (Phi) is 5.90. The molecule has 0 saturated carbocycles. The van der Waals surface area contributed by atoms with Crippen molar-refractivity contribution in [1.29, 1.82) is 0 Å². The average molecular weight is 343 g/mol. The third-order valence-corrected chi connectivity index (χ3v) is 4.56. The third-order valence-electron chi connectivity index (χ3n) is 3.13. The van der Waals surface area contributed by atoms with Gasteiger partial charge in [0.05, 0.1) is 12.7 Å². The lowest BCUT2D eigenvalue weighted by Crippen LogP contribution is -2.26. The molecule has 0 fully saturated rings. The van der Waals surface area contributed by atoms with Crippen molar-refractivity contribution < 1.29 is 27.5 Å². The zero-order valence-corrected chi connectivity index (χ0v) is 14.6. The quantitative estimate of drug-likeness (QED) is 0.784. The number of benzene rings is 1. The molecule has 0 amide bonds. The van der Waals surface area contributed by atoms with Gasteiger partial charge in [-0.05, 0) is 25.2 Å². The summed E-state index contributed by atoms with van der Waals surface area (Å²) in [5.41, 5.74) is -0.609. The van der Waals surface area contributed by atoms with Gasteiger partial charge in [-0.2, -0.15) is 0 Å². The molecule has 0 spiro atoms. The van der Waals surface area contributed by atoms with E-state index in [4.69, 9.17) is 9.47 Å². The van der Waals surface area contributed by atoms with Crippen molar-refractivity contribution in [3.63, 3.8) is 0 Å². The van der Waals surface area contributed by atoms with Crippen LogP contribution in [0, 0.1) is 5.41 Å². The summed E-state index contributed by atoms with van der Waals surface area (Å²) in [5.74, 6) is -0.915. The molecule has 8 heteroatoms. The number of carbonyl (C=O) groups excluding carboxylic acids is 2. The second kappa shape index (κ2) is 7.10. The van der Waals surface area contributed by atoms with Crippen LogP contribution < -0.4 is 9.46 Å². The molecule has 7 nitrogen and oxygen atoms in total. The number of esters is 1. The molecule has 1 N–H and O–H groups in total. The van der Waals surface area contributed by atoms with Gasteiger partial charge in [0.25, 0.3) is 0 Å². The summed E-state index contributed by atoms with van der Waals surface area (Å²) in [4.78, 5) is 23.6. The predicted octanol–water partition coefficient (Wildman–Crippen LogP) is 1.38. The van der Waals surface area contributed by atoms with E-state index in [0.29, 0.717) is 0 Å². The number of sulfonamides is 1. The lowest BCUT2D eigenvalue weighted by atomic mass is 9.91. The first-order valence-corrected chi connectivity index (χ1v) is 8.33. The standard InChI is InChI=1S/C15H21NO6S/c1-15(2,3)13(17)9-22-14(18)10-6-7-11(21-5)12(8-10)23(19,20)16-4/h6-8,16H,9H2,1-5H3. The maximum atomic E-state index is 12.0. The van der Waals surface area contributed by atoms with Crippen LogP contribution >= 0.6 is 0 Å². The number of ketones is 1. The first-order valence-electron chi connectivity index (χ1n) is 6.85. The molecule has 0 atom stereocenters. The van der Waals surface area contributed by atoms with Crippen molar-refractivity contribution in [2.24, 2.45) is 5.41 Å². The van der Waals surface area contributed by atoms with Gasteiger partial charge in [0.1, 0.15) is 10.6 Å². The van der Waals surface area contributed by atoms with Crippen molar-refractivity contribution in [3.8, 4) is 5.75 Å². The van der Waals surface area contributed by atoms with Crippen LogP contribution in [0.2, 0.25) is 0 Å². The summed E-state index contributed by atoms with van der Waals surface area (Å²) >= 11 is 0. The normalized spacial score (nSPS) is 11.9. The Bertz CT molecular complexity index is 703. The summed E-state index contributed by atoms with van der Waals surface area (Å²) in [6.07, 6.45) is 0. The number of rotatable bonds is 6. The summed E-state index contributed by atoms with van der Waals surface area (Å²) in [6.45, 7) is 4.78. The molecule has 0 saturated heterocycles. The van der Waals surface area contributed by atoms with Crippen LogP contribution in [0.5, 0.6) is 5.75 Å². The van der Waals surface area contributed by atoms with Crippen LogP contribution in [0.4, 0.5) is 0 Å². The first kappa shape index (κ1) is 19.1. The minimum Gasteiger partial charge on any atom is -0.495 e. The van der Waals surface area contributed by atoms with Crippen LogP contribution in [0.15, 0.2) is 23.1 Å². The molecule has 0 aromatic heterocycles. The van der Waals surface area contributed by atoms with Gasteiger partial charge in [-0.25, -0.2) is 17.9 Å². The van der Waals surface area contributed by atoms with Gasteiger partial charge in [0.2, 0.25) is 10.0 Å². The van der Waals surface area contributed by atoms with E-state index in [1.165, 1.54) is 26.3 Å². The molecule has 1 aromatic rings. The van der Waals surface area contributed by atoms with E-state index in [0.717, 1.165) is 6.07 Å². The van der Waals surface area contributed by atoms with Gasteiger partial charge >= 0.3 is 5.97 Å². The molecule has 0 heterocycles. The maximum Gasteiger partial charge on any atom is 0.338 e. The lowest BCUT2D eigenvalue weighted by Gasteiger charge is -2.16. The topological polar surface area (TPSA) is 98.8 Å². The number of methoxy groups -OCH3 is 1. The molecule has 0 unspecified atom stereocenters. The fraction of sp³-hybridized carbons (Fsp3) is 0.467. The van der Waals surface area contributed by atoms with Crippen molar-refractivity contribution >= 4 is 21.8 Å². The molecule has 0 aliphatic carbocycles. The minimum absolute atomic E-state index is 0.0151. The highest BCUT2D eigenvalue weighted by atomic mass is 32.2. The van der Waals surface area contributed by atoms with Crippen LogP contribution in [0.1, 0.15) is 31.1 Å². The van der Waals surface area contributed by atoms with Gasteiger partial charge in [0.15, 0.2) is 12.4 Å². The second-order valence-corrected chi connectivity index (χ2v) is 7.68. The highest BCUT2D eigenvalue weighted by Crippen LogP contribution is 2.25. The van der Waals surface area contributed by atoms with Gasteiger partial charge in [0, 0.05) is 5.41 Å². The Morgan fingerprint density at radius 1 is 1.22 bits per heavy atom. The second-order valence-electron chi connectivity index (χ2n) is 5.82. The highest BCUT2D eigenvalue weighted by Gasteiger charge is 2.24. The molecular formula is C15H21NO6S. The van der Waals surface area contributed by atoms with Gasteiger partial charge in [-0.1, -0.05) is 20.8 Å². The van der Waals surface area contributed by atoms with Crippen LogP contribution in [-0.2, 0) is 19.6 Å². The SMILES string of the molecule is CNS(=O)(=O)c1cc(C(=O)OCC(=O)C(C)(C)C)ccc1OC. The highest BCUT2D eigenvalue weighted by molar-refractivity contribution is 7.89. The molecule has 1 rings (SSSR count). The van der Waals surface area contributed by atoms with E-state index in [1.807, 2.05) is 0 Å². The Labute approximate surface area is 136 Å². The first-order chi connectivity index (χ1) is 10.5. The van der Waals surface area contributed by atoms with Crippen LogP contribution in [-0.4, -0.2) is 40.9 Å². The van der Waals surface area contributed by atoms with E-state index in [1.54, 1.807) is 20.8 Å². The van der Waals surface area contributed by atoms with Crippen LogP contribution in [0.3, 0.4) is 0 Å². The molecule has 0 aliphatic heterocycles. The van der Waals surface area contributed by atoms with Crippen molar-refractivity contribution in [1.82, 2.24) is 4.72 Å². The summed E-state index contributed by atoms with van der Waals surface area (Å²) < 4.78 is 36.0. The molecule has 23 heavy (non-hydrogen) atoms. The number of Topliss-reactive ketones (excluding diaryl/α,β-unsaturated/α-hetero) is 1. The third kappa shape index (κ3) is 4.77. The predicted molar refractivity (Wildman–Crippen MR) is 84.0 cm³/mol. The number of nitrogens with one attached hydrogen (secondary N) is 1. The van der Waals surface area contributed by atoms with E-state index in [9.17, 15) is 18.0 Å². The van der Waals surface area contributed by atoms with Gasteiger partial charge in [-0.15, -0.1) is 0 Å². The van der Waals surface area contributed by atoms with Crippen molar-refractivity contribution in [2.45, 2.75) is 25.7 Å². The van der Waals surface area contributed by atoms with E-state index < -0.39 is 21.4 Å². The van der Waals surface area contributed by atoms with Crippen LogP contribution in [0.25, 0.3) is 0 Å². The summed E-state index contributed by atoms with van der Waals surface area (Å²) in [7, 11) is -1.23. The van der Waals surface area contributed by atoms with E-state index >= 15 is 0 Å². The van der Waals surface area contributed by atoms with Gasteiger partial charge in [-0.3, -0.25) is 4.79 Å². The largest absolute Gasteiger partial charge is 0.495 e. The van der Waals surface area contributed by atoms with E-state index in [-0.39, 0.29) is 28.6 Å². The van der Waals surface area contributed by atoms with Gasteiger partial charge < -0.3 is 9.47 Å². The summed E-state index contributed by atoms with van der Waals surface area (Å²) in [5, 5.41) is 0. The lowest BCUT2D eigenvalue weighted by molar-refractivity contribution is -0.129. The fourth-order valence-corrected chi connectivity index (χ4v) is 2.47. The Hall–Kier alpha value is -1.93. The van der Waals surface area contributed by atoms with Crippen molar-refractivity contribution in [2.75, 3.05) is 20.8 Å². The zero-order valence-electron chi connectivity index (χ0n) is 13.8.